The molecule has 0 unspecified atom stereocenters. The topological polar surface area (TPSA) is 94.4 Å². The van der Waals surface area contributed by atoms with E-state index in [1.807, 2.05) is 71.6 Å². The van der Waals surface area contributed by atoms with Crippen LogP contribution >= 0.6 is 0 Å². The second kappa shape index (κ2) is 7.85. The molecule has 29 heavy (non-hydrogen) atoms. The predicted octanol–water partition coefficient (Wildman–Crippen LogP) is 2.68. The van der Waals surface area contributed by atoms with Gasteiger partial charge in [-0.1, -0.05) is 30.3 Å². The summed E-state index contributed by atoms with van der Waals surface area (Å²) in [5, 5.41) is 5.04. The van der Waals surface area contributed by atoms with Gasteiger partial charge in [0.05, 0.1) is 17.5 Å². The van der Waals surface area contributed by atoms with Crippen LogP contribution in [0, 0.1) is 0 Å². The Balaban J connectivity index is 1.58. The number of nitrogens with two attached hydrogens (primary N) is 1. The predicted molar refractivity (Wildman–Crippen MR) is 112 cm³/mol. The first kappa shape index (κ1) is 18.2. The standard InChI is InChI=1S/C22H19N5O2/c23-21(28)15-27-14-16(17-7-1-3-9-19(17)27)13-24-25-22(29)18-8-2-4-10-20(18)26-11-5-6-12-26/h1-14H,15H2,(H2,23,28)(H,25,29). The molecule has 0 aliphatic rings. The number of hydrazone groups is 1. The molecule has 0 radical (unpaired) electrons. The first-order valence-electron chi connectivity index (χ1n) is 9.05. The number of fused-ring (bicyclic) bond motifs is 1. The van der Waals surface area contributed by atoms with Gasteiger partial charge in [0.15, 0.2) is 0 Å². The minimum Gasteiger partial charge on any atom is -0.368 e. The van der Waals surface area contributed by atoms with Gasteiger partial charge >= 0.3 is 0 Å². The summed E-state index contributed by atoms with van der Waals surface area (Å²) in [5.41, 5.74) is 10.8. The zero-order chi connectivity index (χ0) is 20.2. The average molecular weight is 385 g/mol. The highest BCUT2D eigenvalue weighted by Gasteiger charge is 2.12. The van der Waals surface area contributed by atoms with Gasteiger partial charge in [-0.05, 0) is 30.3 Å². The number of hydrogen-bond donors (Lipinski definition) is 2. The van der Waals surface area contributed by atoms with E-state index < -0.39 is 5.91 Å². The zero-order valence-electron chi connectivity index (χ0n) is 15.5. The molecule has 3 N–H and O–H groups in total. The Bertz CT molecular complexity index is 1210. The average Bonchev–Trinajstić information content (AvgIpc) is 3.37. The third kappa shape index (κ3) is 3.79. The molecule has 0 saturated heterocycles. The maximum absolute atomic E-state index is 12.7. The highest BCUT2D eigenvalue weighted by Crippen LogP contribution is 2.20. The highest BCUT2D eigenvalue weighted by molar-refractivity contribution is 6.01. The lowest BCUT2D eigenvalue weighted by molar-refractivity contribution is -0.118. The minimum absolute atomic E-state index is 0.0744. The number of nitrogens with zero attached hydrogens (tertiary/aromatic N) is 3. The van der Waals surface area contributed by atoms with Crippen LogP contribution in [0.4, 0.5) is 0 Å². The van der Waals surface area contributed by atoms with Crippen molar-refractivity contribution >= 4 is 28.9 Å². The maximum atomic E-state index is 12.7. The molecule has 144 valence electrons. The molecular formula is C22H19N5O2. The fraction of sp³-hybridized carbons (Fsp3) is 0.0455. The van der Waals surface area contributed by atoms with Crippen LogP contribution in [0.5, 0.6) is 0 Å². The summed E-state index contributed by atoms with van der Waals surface area (Å²) in [6.07, 6.45) is 7.11. The number of primary amides is 1. The van der Waals surface area contributed by atoms with Crippen molar-refractivity contribution in [1.82, 2.24) is 14.6 Å². The molecule has 2 heterocycles. The van der Waals surface area contributed by atoms with Crippen molar-refractivity contribution in [2.45, 2.75) is 6.54 Å². The number of amides is 2. The van der Waals surface area contributed by atoms with Crippen LogP contribution < -0.4 is 11.2 Å². The molecule has 4 aromatic rings. The molecule has 2 aromatic heterocycles. The molecule has 0 aliphatic heterocycles. The van der Waals surface area contributed by atoms with E-state index in [2.05, 4.69) is 10.5 Å². The Morgan fingerprint density at radius 2 is 1.72 bits per heavy atom. The van der Waals surface area contributed by atoms with Gasteiger partial charge in [-0.25, -0.2) is 5.43 Å². The lowest BCUT2D eigenvalue weighted by Crippen LogP contribution is -2.19. The Labute approximate surface area is 167 Å². The summed E-state index contributed by atoms with van der Waals surface area (Å²) in [6, 6.07) is 18.7. The van der Waals surface area contributed by atoms with Gasteiger partial charge in [0.1, 0.15) is 6.54 Å². The van der Waals surface area contributed by atoms with Crippen molar-refractivity contribution in [3.05, 3.63) is 90.4 Å². The number of hydrogen-bond acceptors (Lipinski definition) is 3. The lowest BCUT2D eigenvalue weighted by Gasteiger charge is -2.08. The van der Waals surface area contributed by atoms with Crippen LogP contribution in [0.2, 0.25) is 0 Å². The van der Waals surface area contributed by atoms with Crippen LogP contribution in [0.15, 0.2) is 84.4 Å². The van der Waals surface area contributed by atoms with Crippen molar-refractivity contribution in [1.29, 1.82) is 0 Å². The van der Waals surface area contributed by atoms with Crippen LogP contribution in [0.1, 0.15) is 15.9 Å². The molecule has 7 nitrogen and oxygen atoms in total. The smallest absolute Gasteiger partial charge is 0.273 e. The van der Waals surface area contributed by atoms with Crippen LogP contribution in [0.3, 0.4) is 0 Å². The maximum Gasteiger partial charge on any atom is 0.273 e. The first-order valence-corrected chi connectivity index (χ1v) is 9.05. The molecule has 0 bridgehead atoms. The van der Waals surface area contributed by atoms with Crippen LogP contribution in [-0.2, 0) is 11.3 Å². The second-order valence-electron chi connectivity index (χ2n) is 6.50. The number of carbonyl (C=O) groups excluding carboxylic acids is 2. The van der Waals surface area contributed by atoms with Crippen molar-refractivity contribution in [3.8, 4) is 5.69 Å². The Kier molecular flexibility index (Phi) is 4.94. The number of nitrogens with one attached hydrogen (secondary N) is 1. The van der Waals surface area contributed by atoms with E-state index in [-0.39, 0.29) is 12.5 Å². The molecule has 0 saturated carbocycles. The van der Waals surface area contributed by atoms with Crippen molar-refractivity contribution < 1.29 is 9.59 Å². The molecule has 0 spiro atoms. The first-order chi connectivity index (χ1) is 14.1. The monoisotopic (exact) mass is 385 g/mol. The summed E-state index contributed by atoms with van der Waals surface area (Å²) in [6.45, 7) is 0.0744. The van der Waals surface area contributed by atoms with E-state index in [4.69, 9.17) is 5.73 Å². The van der Waals surface area contributed by atoms with E-state index in [9.17, 15) is 9.59 Å². The highest BCUT2D eigenvalue weighted by atomic mass is 16.2. The van der Waals surface area contributed by atoms with Gasteiger partial charge in [0.2, 0.25) is 5.91 Å². The molecule has 0 fully saturated rings. The Morgan fingerprint density at radius 1 is 1.00 bits per heavy atom. The molecule has 7 heteroatoms. The number of para-hydroxylation sites is 2. The van der Waals surface area contributed by atoms with Gasteiger partial charge in [0.25, 0.3) is 5.91 Å². The largest absolute Gasteiger partial charge is 0.368 e. The number of carbonyl (C=O) groups is 2. The molecular weight excluding hydrogens is 366 g/mol. The SMILES string of the molecule is NC(=O)Cn1cc(C=NNC(=O)c2ccccc2-n2cccc2)c2ccccc21. The molecule has 0 aliphatic carbocycles. The lowest BCUT2D eigenvalue weighted by atomic mass is 10.1. The molecule has 2 aromatic carbocycles. The number of rotatable bonds is 6. The van der Waals surface area contributed by atoms with E-state index in [1.54, 1.807) is 23.0 Å². The van der Waals surface area contributed by atoms with Gasteiger partial charge in [-0.2, -0.15) is 5.10 Å². The third-order valence-corrected chi connectivity index (χ3v) is 4.55. The minimum atomic E-state index is -0.427. The van der Waals surface area contributed by atoms with Crippen LogP contribution in [0.25, 0.3) is 16.6 Å². The zero-order valence-corrected chi connectivity index (χ0v) is 15.5. The van der Waals surface area contributed by atoms with Gasteiger partial charge in [0, 0.05) is 35.1 Å². The second-order valence-corrected chi connectivity index (χ2v) is 6.50. The Hall–Kier alpha value is -4.13. The number of aromatic nitrogens is 2. The fourth-order valence-corrected chi connectivity index (χ4v) is 3.28. The summed E-state index contributed by atoms with van der Waals surface area (Å²) in [4.78, 5) is 24.0. The summed E-state index contributed by atoms with van der Waals surface area (Å²) < 4.78 is 3.64. The van der Waals surface area contributed by atoms with E-state index >= 15 is 0 Å². The normalized spacial score (nSPS) is 11.2. The van der Waals surface area contributed by atoms with Crippen molar-refractivity contribution in [2.24, 2.45) is 10.8 Å². The Morgan fingerprint density at radius 3 is 2.52 bits per heavy atom. The van der Waals surface area contributed by atoms with Crippen LogP contribution in [-0.4, -0.2) is 27.2 Å². The van der Waals surface area contributed by atoms with Crippen molar-refractivity contribution in [3.63, 3.8) is 0 Å². The molecule has 4 rings (SSSR count). The summed E-state index contributed by atoms with van der Waals surface area (Å²) >= 11 is 0. The summed E-state index contributed by atoms with van der Waals surface area (Å²) in [5.74, 6) is -0.740. The number of benzene rings is 2. The quantitative estimate of drug-likeness (QED) is 0.394. The third-order valence-electron chi connectivity index (χ3n) is 4.55. The van der Waals surface area contributed by atoms with Gasteiger partial charge < -0.3 is 14.9 Å². The molecule has 0 atom stereocenters. The van der Waals surface area contributed by atoms with Gasteiger partial charge in [-0.15, -0.1) is 0 Å². The van der Waals surface area contributed by atoms with E-state index in [0.29, 0.717) is 5.56 Å². The van der Waals surface area contributed by atoms with Gasteiger partial charge in [-0.3, -0.25) is 9.59 Å². The van der Waals surface area contributed by atoms with E-state index in [0.717, 1.165) is 22.2 Å². The van der Waals surface area contributed by atoms with E-state index in [1.165, 1.54) is 0 Å². The summed E-state index contributed by atoms with van der Waals surface area (Å²) in [7, 11) is 0. The van der Waals surface area contributed by atoms with Crippen molar-refractivity contribution in [2.75, 3.05) is 0 Å². The fourth-order valence-electron chi connectivity index (χ4n) is 3.28. The molecule has 2 amide bonds.